The smallest absolute Gasteiger partial charge is 0.138 e. The Morgan fingerprint density at radius 1 is 0.605 bits per heavy atom. The molecule has 0 bridgehead atoms. The molecule has 2 aromatic heterocycles. The Hall–Kier alpha value is -4.24. The molecule has 0 amide bonds. The summed E-state index contributed by atoms with van der Waals surface area (Å²) in [6, 6.07) is 26.5. The van der Waals surface area contributed by atoms with Crippen LogP contribution in [0.3, 0.4) is 0 Å². The van der Waals surface area contributed by atoms with Crippen molar-refractivity contribution in [2.24, 2.45) is 0 Å². The van der Waals surface area contributed by atoms with Crippen molar-refractivity contribution in [1.29, 1.82) is 0 Å². The van der Waals surface area contributed by atoms with Crippen molar-refractivity contribution in [1.82, 2.24) is 4.98 Å². The van der Waals surface area contributed by atoms with Crippen molar-refractivity contribution in [3.05, 3.63) is 102 Å². The Labute approximate surface area is 220 Å². The lowest BCUT2D eigenvalue weighted by atomic mass is 9.92. The molecule has 0 spiro atoms. The predicted molar refractivity (Wildman–Crippen MR) is 158 cm³/mol. The molecule has 0 radical (unpaired) electrons. The van der Waals surface area contributed by atoms with Crippen molar-refractivity contribution >= 4 is 54.3 Å². The molecule has 3 heteroatoms. The topological polar surface area (TPSA) is 26.0 Å². The van der Waals surface area contributed by atoms with Crippen molar-refractivity contribution in [3.8, 4) is 11.3 Å². The van der Waals surface area contributed by atoms with Crippen LogP contribution in [0, 0.1) is 5.82 Å². The first-order chi connectivity index (χ1) is 18.4. The number of fused-ring (bicyclic) bond motifs is 8. The summed E-state index contributed by atoms with van der Waals surface area (Å²) < 4.78 is 20.4. The Balaban J connectivity index is 1.53. The zero-order valence-electron chi connectivity index (χ0n) is 22.0. The quantitative estimate of drug-likeness (QED) is 0.227. The molecule has 0 aliphatic heterocycles. The van der Waals surface area contributed by atoms with Crippen LogP contribution < -0.4 is 0 Å². The summed E-state index contributed by atoms with van der Waals surface area (Å²) >= 11 is 0. The Kier molecular flexibility index (Phi) is 5.06. The van der Waals surface area contributed by atoms with E-state index in [0.717, 1.165) is 65.5 Å². The van der Waals surface area contributed by atoms with Crippen molar-refractivity contribution in [3.63, 3.8) is 0 Å². The van der Waals surface area contributed by atoms with Crippen LogP contribution in [0.5, 0.6) is 0 Å². The van der Waals surface area contributed by atoms with Crippen molar-refractivity contribution < 1.29 is 8.81 Å². The Bertz CT molecular complexity index is 2050. The van der Waals surface area contributed by atoms with E-state index < -0.39 is 0 Å². The highest BCUT2D eigenvalue weighted by molar-refractivity contribution is 6.19. The minimum Gasteiger partial charge on any atom is -0.455 e. The van der Waals surface area contributed by atoms with E-state index in [1.165, 1.54) is 17.2 Å². The molecule has 186 valence electrons. The van der Waals surface area contributed by atoms with Gasteiger partial charge in [0.1, 0.15) is 17.0 Å². The predicted octanol–water partition coefficient (Wildman–Crippen LogP) is 10.5. The lowest BCUT2D eigenvalue weighted by Gasteiger charge is -2.13. The molecule has 0 atom stereocenters. The molecular weight excluding hydrogens is 469 g/mol. The van der Waals surface area contributed by atoms with Gasteiger partial charge in [-0.2, -0.15) is 0 Å². The van der Waals surface area contributed by atoms with Crippen LogP contribution in [0.1, 0.15) is 50.7 Å². The maximum atomic E-state index is 13.9. The number of furan rings is 1. The number of aromatic nitrogens is 1. The third kappa shape index (κ3) is 3.35. The van der Waals surface area contributed by atoms with Gasteiger partial charge in [-0.15, -0.1) is 0 Å². The average molecular weight is 498 g/mol. The minimum absolute atomic E-state index is 0.215. The van der Waals surface area contributed by atoms with Crippen LogP contribution in [-0.2, 0) is 0 Å². The van der Waals surface area contributed by atoms with Crippen molar-refractivity contribution in [2.75, 3.05) is 0 Å². The monoisotopic (exact) mass is 497 g/mol. The van der Waals surface area contributed by atoms with Gasteiger partial charge < -0.3 is 4.42 Å². The lowest BCUT2D eigenvalue weighted by molar-refractivity contribution is 0.630. The third-order valence-corrected chi connectivity index (χ3v) is 7.90. The first-order valence-corrected chi connectivity index (χ1v) is 13.3. The van der Waals surface area contributed by atoms with Gasteiger partial charge in [0.05, 0.1) is 5.69 Å². The molecule has 0 N–H and O–H groups in total. The molecule has 0 saturated heterocycles. The fourth-order valence-electron chi connectivity index (χ4n) is 5.98. The summed E-state index contributed by atoms with van der Waals surface area (Å²) in [6.45, 7) is 8.85. The Morgan fingerprint density at radius 3 is 2.11 bits per heavy atom. The number of pyridine rings is 1. The number of nitrogens with zero attached hydrogens (tertiary/aromatic N) is 1. The molecule has 0 saturated carbocycles. The maximum Gasteiger partial charge on any atom is 0.138 e. The summed E-state index contributed by atoms with van der Waals surface area (Å²) in [5, 5.41) is 8.76. The van der Waals surface area contributed by atoms with Gasteiger partial charge in [0.2, 0.25) is 0 Å². The standard InChI is InChI=1S/C35H28FNO/c1-19(2)24-6-5-7-30-32-18-22(17-31(20(3)4)35(32)38-34(24)30)33-29-13-12-26-25-11-9-23(36)16-21(25)8-10-27(26)28(29)14-15-37-33/h5-20H,1-4H3. The molecule has 2 heterocycles. The van der Waals surface area contributed by atoms with Gasteiger partial charge in [-0.3, -0.25) is 4.98 Å². The molecular formula is C35H28FNO. The SMILES string of the molecule is CC(C)c1cccc2c1oc1c(C(C)C)cc(-c3nccc4c3ccc3c5ccc(F)cc5ccc43)cc12. The first-order valence-electron chi connectivity index (χ1n) is 13.3. The summed E-state index contributed by atoms with van der Waals surface area (Å²) in [5.41, 5.74) is 6.43. The first kappa shape index (κ1) is 22.9. The van der Waals surface area contributed by atoms with Crippen LogP contribution in [0.4, 0.5) is 4.39 Å². The molecule has 7 rings (SSSR count). The van der Waals surface area contributed by atoms with Crippen LogP contribution in [0.15, 0.2) is 89.5 Å². The van der Waals surface area contributed by atoms with Crippen LogP contribution >= 0.6 is 0 Å². The highest BCUT2D eigenvalue weighted by atomic mass is 19.1. The minimum atomic E-state index is -0.215. The van der Waals surface area contributed by atoms with Gasteiger partial charge in [-0.1, -0.05) is 76.2 Å². The normalized spacial score (nSPS) is 12.3. The van der Waals surface area contributed by atoms with Gasteiger partial charge >= 0.3 is 0 Å². The fraction of sp³-hybridized carbons (Fsp3) is 0.171. The highest BCUT2D eigenvalue weighted by Gasteiger charge is 2.20. The summed E-state index contributed by atoms with van der Waals surface area (Å²) in [4.78, 5) is 4.90. The molecule has 2 nitrogen and oxygen atoms in total. The summed E-state index contributed by atoms with van der Waals surface area (Å²) in [6.07, 6.45) is 1.90. The number of hydrogen-bond acceptors (Lipinski definition) is 2. The number of para-hydroxylation sites is 1. The van der Waals surface area contributed by atoms with Crippen LogP contribution in [0.25, 0.3) is 65.5 Å². The van der Waals surface area contributed by atoms with Gasteiger partial charge in [-0.25, -0.2) is 4.39 Å². The summed E-state index contributed by atoms with van der Waals surface area (Å²) in [7, 11) is 0. The van der Waals surface area contributed by atoms with Crippen molar-refractivity contribution in [2.45, 2.75) is 39.5 Å². The van der Waals surface area contributed by atoms with E-state index in [0.29, 0.717) is 11.8 Å². The van der Waals surface area contributed by atoms with Gasteiger partial charge in [-0.05, 0) is 80.2 Å². The van der Waals surface area contributed by atoms with Crippen LogP contribution in [-0.4, -0.2) is 4.98 Å². The van der Waals surface area contributed by atoms with E-state index in [2.05, 4.69) is 82.3 Å². The van der Waals surface area contributed by atoms with E-state index in [-0.39, 0.29) is 5.82 Å². The highest BCUT2D eigenvalue weighted by Crippen LogP contribution is 2.41. The summed E-state index contributed by atoms with van der Waals surface area (Å²) in [5.74, 6) is 0.456. The maximum absolute atomic E-state index is 13.9. The molecule has 38 heavy (non-hydrogen) atoms. The zero-order chi connectivity index (χ0) is 26.1. The molecule has 0 aliphatic carbocycles. The lowest BCUT2D eigenvalue weighted by Crippen LogP contribution is -1.92. The van der Waals surface area contributed by atoms with E-state index in [4.69, 9.17) is 9.40 Å². The van der Waals surface area contributed by atoms with Gasteiger partial charge in [0, 0.05) is 27.9 Å². The Morgan fingerprint density at radius 2 is 1.29 bits per heavy atom. The van der Waals surface area contributed by atoms with Gasteiger partial charge in [0.15, 0.2) is 0 Å². The van der Waals surface area contributed by atoms with E-state index in [9.17, 15) is 4.39 Å². The average Bonchev–Trinajstić information content (AvgIpc) is 3.30. The second-order valence-corrected chi connectivity index (χ2v) is 10.9. The largest absolute Gasteiger partial charge is 0.455 e. The van der Waals surface area contributed by atoms with Crippen LogP contribution in [0.2, 0.25) is 0 Å². The number of rotatable bonds is 3. The number of benzene rings is 5. The third-order valence-electron chi connectivity index (χ3n) is 7.90. The number of hydrogen-bond donors (Lipinski definition) is 0. The molecule has 0 unspecified atom stereocenters. The molecule has 5 aromatic carbocycles. The number of halogens is 1. The molecule has 0 fully saturated rings. The second kappa shape index (κ2) is 8.39. The van der Waals surface area contributed by atoms with E-state index in [1.807, 2.05) is 18.3 Å². The molecule has 0 aliphatic rings. The van der Waals surface area contributed by atoms with Gasteiger partial charge in [0.25, 0.3) is 0 Å². The zero-order valence-corrected chi connectivity index (χ0v) is 22.0. The van der Waals surface area contributed by atoms with E-state index in [1.54, 1.807) is 6.07 Å². The second-order valence-electron chi connectivity index (χ2n) is 10.9. The van der Waals surface area contributed by atoms with E-state index >= 15 is 0 Å². The molecule has 7 aromatic rings. The fourth-order valence-corrected chi connectivity index (χ4v) is 5.98.